The van der Waals surface area contributed by atoms with Crippen LogP contribution in [-0.4, -0.2) is 10.9 Å². The van der Waals surface area contributed by atoms with Gasteiger partial charge in [0.15, 0.2) is 5.78 Å². The van der Waals surface area contributed by atoms with Gasteiger partial charge >= 0.3 is 0 Å². The third-order valence-corrected chi connectivity index (χ3v) is 2.46. The van der Waals surface area contributed by atoms with Gasteiger partial charge in [-0.25, -0.2) is 0 Å². The molecule has 2 aliphatic rings. The first-order valence-electron chi connectivity index (χ1n) is 3.89. The van der Waals surface area contributed by atoms with Gasteiger partial charge in [-0.1, -0.05) is 6.92 Å². The Morgan fingerprint density at radius 3 is 2.91 bits per heavy atom. The number of carbonyl (C=O) groups excluding carboxylic acids is 1. The van der Waals surface area contributed by atoms with E-state index >= 15 is 0 Å². The van der Waals surface area contributed by atoms with Crippen LogP contribution >= 0.6 is 0 Å². The van der Waals surface area contributed by atoms with Gasteiger partial charge in [-0.3, -0.25) is 4.79 Å². The molecule has 0 aromatic carbocycles. The summed E-state index contributed by atoms with van der Waals surface area (Å²) in [5.41, 5.74) is 2.14. The predicted octanol–water partition coefficient (Wildman–Crippen LogP) is 1.74. The van der Waals surface area contributed by atoms with Crippen molar-refractivity contribution < 1.29 is 9.90 Å². The average Bonchev–Trinajstić information content (AvgIpc) is 2.20. The van der Waals surface area contributed by atoms with Crippen molar-refractivity contribution in [2.75, 3.05) is 0 Å². The summed E-state index contributed by atoms with van der Waals surface area (Å²) in [6.45, 7) is 2.00. The summed E-state index contributed by atoms with van der Waals surface area (Å²) < 4.78 is 0. The molecule has 0 fully saturated rings. The van der Waals surface area contributed by atoms with Gasteiger partial charge in [-0.2, -0.15) is 0 Å². The minimum absolute atomic E-state index is 0.0703. The van der Waals surface area contributed by atoms with Gasteiger partial charge in [0.2, 0.25) is 0 Å². The second-order valence-electron chi connectivity index (χ2n) is 3.07. The highest BCUT2D eigenvalue weighted by molar-refractivity contribution is 6.04. The number of ketones is 1. The molecule has 0 aromatic rings. The number of fused-ring (bicyclic) bond motifs is 1. The van der Waals surface area contributed by atoms with Crippen molar-refractivity contribution in [1.82, 2.24) is 0 Å². The maximum Gasteiger partial charge on any atom is 0.170 e. The molecule has 0 aromatic heterocycles. The molecule has 0 amide bonds. The minimum Gasteiger partial charge on any atom is -0.511 e. The Hall–Kier alpha value is -1.05. The maximum atomic E-state index is 10.9. The smallest absolute Gasteiger partial charge is 0.170 e. The SMILES string of the molecule is CCC1=C(O)C2C(=O)C=C2C1. The molecule has 1 N–H and O–H groups in total. The number of hydrogen-bond donors (Lipinski definition) is 1. The van der Waals surface area contributed by atoms with Gasteiger partial charge in [0.25, 0.3) is 0 Å². The van der Waals surface area contributed by atoms with E-state index in [1.807, 2.05) is 6.92 Å². The van der Waals surface area contributed by atoms with E-state index < -0.39 is 0 Å². The second kappa shape index (κ2) is 1.97. The summed E-state index contributed by atoms with van der Waals surface area (Å²) in [5, 5.41) is 9.47. The summed E-state index contributed by atoms with van der Waals surface area (Å²) >= 11 is 0. The quantitative estimate of drug-likeness (QED) is 0.618. The fourth-order valence-corrected chi connectivity index (χ4v) is 1.75. The van der Waals surface area contributed by atoms with Gasteiger partial charge in [0, 0.05) is 0 Å². The first-order valence-corrected chi connectivity index (χ1v) is 3.89. The van der Waals surface area contributed by atoms with E-state index in [0.29, 0.717) is 5.76 Å². The molecular formula is C9H10O2. The zero-order valence-electron chi connectivity index (χ0n) is 6.42. The molecule has 2 rings (SSSR count). The lowest BCUT2D eigenvalue weighted by Crippen LogP contribution is -2.22. The van der Waals surface area contributed by atoms with E-state index in [2.05, 4.69) is 0 Å². The number of aliphatic hydroxyl groups excluding tert-OH is 1. The Morgan fingerprint density at radius 1 is 1.73 bits per heavy atom. The number of carbonyl (C=O) groups is 1. The molecule has 0 saturated carbocycles. The van der Waals surface area contributed by atoms with Gasteiger partial charge in [-0.05, 0) is 30.1 Å². The van der Waals surface area contributed by atoms with Crippen LogP contribution in [0.25, 0.3) is 0 Å². The van der Waals surface area contributed by atoms with E-state index in [4.69, 9.17) is 0 Å². The molecule has 58 valence electrons. The first kappa shape index (κ1) is 6.65. The van der Waals surface area contributed by atoms with E-state index in [-0.39, 0.29) is 11.7 Å². The lowest BCUT2D eigenvalue weighted by atomic mass is 9.85. The van der Waals surface area contributed by atoms with Crippen LogP contribution in [0.3, 0.4) is 0 Å². The van der Waals surface area contributed by atoms with Crippen LogP contribution in [0.1, 0.15) is 19.8 Å². The molecule has 2 aliphatic carbocycles. The molecular weight excluding hydrogens is 140 g/mol. The summed E-state index contributed by atoms with van der Waals surface area (Å²) in [5.74, 6) is 0.168. The highest BCUT2D eigenvalue weighted by atomic mass is 16.3. The lowest BCUT2D eigenvalue weighted by Gasteiger charge is -2.17. The van der Waals surface area contributed by atoms with E-state index in [1.165, 1.54) is 0 Å². The van der Waals surface area contributed by atoms with E-state index in [1.54, 1.807) is 6.08 Å². The molecule has 0 heterocycles. The Balaban J connectivity index is 2.35. The van der Waals surface area contributed by atoms with Gasteiger partial charge in [0.1, 0.15) is 11.7 Å². The fraction of sp³-hybridized carbons (Fsp3) is 0.444. The third-order valence-electron chi connectivity index (χ3n) is 2.46. The monoisotopic (exact) mass is 150 g/mol. The van der Waals surface area contributed by atoms with Crippen LogP contribution in [0.4, 0.5) is 0 Å². The van der Waals surface area contributed by atoms with E-state index in [0.717, 1.165) is 24.0 Å². The zero-order valence-corrected chi connectivity index (χ0v) is 6.42. The predicted molar refractivity (Wildman–Crippen MR) is 41.1 cm³/mol. The first-order chi connectivity index (χ1) is 5.24. The molecule has 0 bridgehead atoms. The molecule has 11 heavy (non-hydrogen) atoms. The highest BCUT2D eigenvalue weighted by Crippen LogP contribution is 2.42. The van der Waals surface area contributed by atoms with Gasteiger partial charge in [0.05, 0.1) is 0 Å². The maximum absolute atomic E-state index is 10.9. The Bertz CT molecular complexity index is 284. The third kappa shape index (κ3) is 0.694. The van der Waals surface area contributed by atoms with Crippen LogP contribution in [0, 0.1) is 5.92 Å². The average molecular weight is 150 g/mol. The van der Waals surface area contributed by atoms with Crippen molar-refractivity contribution in [2.24, 2.45) is 5.92 Å². The normalized spacial score (nSPS) is 28.3. The number of hydrogen-bond acceptors (Lipinski definition) is 2. The van der Waals surface area contributed by atoms with E-state index in [9.17, 15) is 9.90 Å². The van der Waals surface area contributed by atoms with Crippen LogP contribution in [0.15, 0.2) is 23.0 Å². The zero-order chi connectivity index (χ0) is 8.01. The van der Waals surface area contributed by atoms with Crippen LogP contribution in [0.2, 0.25) is 0 Å². The Kier molecular flexibility index (Phi) is 1.19. The molecule has 1 atom stereocenters. The van der Waals surface area contributed by atoms with Gasteiger partial charge in [-0.15, -0.1) is 0 Å². The van der Waals surface area contributed by atoms with Crippen LogP contribution in [0.5, 0.6) is 0 Å². The summed E-state index contributed by atoms with van der Waals surface area (Å²) in [4.78, 5) is 10.9. The Labute approximate surface area is 65.2 Å². The summed E-state index contributed by atoms with van der Waals surface area (Å²) in [6.07, 6.45) is 3.31. The molecule has 0 saturated heterocycles. The fourth-order valence-electron chi connectivity index (χ4n) is 1.75. The largest absolute Gasteiger partial charge is 0.511 e. The van der Waals surface area contributed by atoms with Crippen molar-refractivity contribution in [3.8, 4) is 0 Å². The Morgan fingerprint density at radius 2 is 2.45 bits per heavy atom. The molecule has 0 spiro atoms. The molecule has 2 heteroatoms. The topological polar surface area (TPSA) is 37.3 Å². The van der Waals surface area contributed by atoms with Crippen molar-refractivity contribution in [3.05, 3.63) is 23.0 Å². The lowest BCUT2D eigenvalue weighted by molar-refractivity contribution is -0.118. The molecule has 2 nitrogen and oxygen atoms in total. The molecule has 0 aliphatic heterocycles. The summed E-state index contributed by atoms with van der Waals surface area (Å²) in [6, 6.07) is 0. The molecule has 0 radical (unpaired) electrons. The number of rotatable bonds is 1. The minimum atomic E-state index is -0.232. The van der Waals surface area contributed by atoms with Crippen molar-refractivity contribution in [1.29, 1.82) is 0 Å². The number of aliphatic hydroxyl groups is 1. The van der Waals surface area contributed by atoms with Crippen molar-refractivity contribution in [2.45, 2.75) is 19.8 Å². The van der Waals surface area contributed by atoms with Gasteiger partial charge < -0.3 is 5.11 Å². The standard InChI is InChI=1S/C9H10O2/c1-2-5-3-6-4-7(10)8(6)9(5)11/h4,8,11H,2-3H2,1H3. The van der Waals surface area contributed by atoms with Crippen LogP contribution < -0.4 is 0 Å². The second-order valence-corrected chi connectivity index (χ2v) is 3.07. The van der Waals surface area contributed by atoms with Crippen molar-refractivity contribution >= 4 is 5.78 Å². The highest BCUT2D eigenvalue weighted by Gasteiger charge is 2.40. The molecule has 1 unspecified atom stereocenters. The van der Waals surface area contributed by atoms with Crippen molar-refractivity contribution in [3.63, 3.8) is 0 Å². The number of allylic oxidation sites excluding steroid dienone is 3. The summed E-state index contributed by atoms with van der Waals surface area (Å²) in [7, 11) is 0. The van der Waals surface area contributed by atoms with Crippen LogP contribution in [-0.2, 0) is 4.79 Å².